The summed E-state index contributed by atoms with van der Waals surface area (Å²) in [5.41, 5.74) is 22.2. The highest BCUT2D eigenvalue weighted by Gasteiger charge is 2.32. The van der Waals surface area contributed by atoms with Gasteiger partial charge in [-0.1, -0.05) is 197 Å². The van der Waals surface area contributed by atoms with E-state index in [0.29, 0.717) is 11.8 Å². The van der Waals surface area contributed by atoms with Crippen molar-refractivity contribution in [2.24, 2.45) is 0 Å². The minimum atomic E-state index is 0.258. The Bertz CT molecular complexity index is 4660. The van der Waals surface area contributed by atoms with E-state index in [1.807, 2.05) is 0 Å². The van der Waals surface area contributed by atoms with E-state index in [1.165, 1.54) is 110 Å². The van der Waals surface area contributed by atoms with Crippen LogP contribution in [0.4, 0.5) is 34.1 Å². The number of para-hydroxylation sites is 3. The van der Waals surface area contributed by atoms with Crippen LogP contribution in [0.15, 0.2) is 217 Å². The molecule has 4 nitrogen and oxygen atoms in total. The summed E-state index contributed by atoms with van der Waals surface area (Å²) in [6.45, 7) is 8.84. The molecule has 0 atom stereocenters. The van der Waals surface area contributed by atoms with E-state index in [9.17, 15) is 5.11 Å². The van der Waals surface area contributed by atoms with Gasteiger partial charge >= 0.3 is 0 Å². The summed E-state index contributed by atoms with van der Waals surface area (Å²) >= 11 is 0. The number of hydrogen-bond donors (Lipinski definition) is 1. The third kappa shape index (κ3) is 8.63. The number of furan rings is 1. The molecule has 0 unspecified atom stereocenters. The topological polar surface area (TPSA) is 39.9 Å². The number of rotatable bonds is 13. The second-order valence-electron chi connectivity index (χ2n) is 24.1. The van der Waals surface area contributed by atoms with Crippen LogP contribution < -0.4 is 9.80 Å². The second kappa shape index (κ2) is 21.3. The van der Waals surface area contributed by atoms with Crippen LogP contribution >= 0.6 is 0 Å². The average Bonchev–Trinajstić information content (AvgIpc) is 0.986. The van der Waals surface area contributed by atoms with Gasteiger partial charge in [0.05, 0.1) is 22.7 Å². The Morgan fingerprint density at radius 2 is 0.833 bits per heavy atom. The van der Waals surface area contributed by atoms with Crippen LogP contribution in [0.5, 0.6) is 5.75 Å². The van der Waals surface area contributed by atoms with Crippen molar-refractivity contribution in [3.05, 3.63) is 246 Å². The van der Waals surface area contributed by atoms with E-state index in [4.69, 9.17) is 4.42 Å². The fourth-order valence-corrected chi connectivity index (χ4v) is 15.1. The molecule has 1 aromatic heterocycles. The SMILES string of the molecule is CCc1ccccc1-c1cccc(-c2cccc(N(c3cccc(C)c3)c3cc(C4CCCC4)c4ccc5c(N(c6cccc(C)c6)c6cccc7c6oc6c(-c8ccccc8CC)cccc67)cc(C6CCCC6)c6ccc3c4c65)c2O)c1. The van der Waals surface area contributed by atoms with Gasteiger partial charge in [0, 0.05) is 44.0 Å². The lowest BCUT2D eigenvalue weighted by atomic mass is 9.82. The van der Waals surface area contributed by atoms with Gasteiger partial charge in [-0.2, -0.15) is 0 Å². The lowest BCUT2D eigenvalue weighted by molar-refractivity contribution is 0.478. The Labute approximate surface area is 493 Å². The zero-order valence-corrected chi connectivity index (χ0v) is 48.7. The number of aryl methyl sites for hydroxylation is 4. The predicted molar refractivity (Wildman–Crippen MR) is 355 cm³/mol. The van der Waals surface area contributed by atoms with Gasteiger partial charge < -0.3 is 19.3 Å². The summed E-state index contributed by atoms with van der Waals surface area (Å²) in [6, 6.07) is 78.6. The summed E-state index contributed by atoms with van der Waals surface area (Å²) in [7, 11) is 0. The highest BCUT2D eigenvalue weighted by Crippen LogP contribution is 2.56. The molecule has 2 fully saturated rings. The summed E-state index contributed by atoms with van der Waals surface area (Å²) in [5.74, 6) is 1.08. The fourth-order valence-electron chi connectivity index (χ4n) is 15.1. The molecule has 2 aliphatic rings. The maximum absolute atomic E-state index is 13.1. The van der Waals surface area contributed by atoms with Gasteiger partial charge in [-0.25, -0.2) is 0 Å². The Morgan fingerprint density at radius 1 is 0.381 bits per heavy atom. The summed E-state index contributed by atoms with van der Waals surface area (Å²) < 4.78 is 7.40. The van der Waals surface area contributed by atoms with Gasteiger partial charge in [0.2, 0.25) is 0 Å². The molecule has 0 amide bonds. The van der Waals surface area contributed by atoms with Crippen molar-refractivity contribution in [3.8, 4) is 39.1 Å². The van der Waals surface area contributed by atoms with E-state index in [-0.39, 0.29) is 5.75 Å². The molecule has 0 aliphatic heterocycles. The molecular formula is C80H70N2O2. The normalized spacial score (nSPS) is 14.1. The van der Waals surface area contributed by atoms with E-state index >= 15 is 0 Å². The largest absolute Gasteiger partial charge is 0.505 e. The van der Waals surface area contributed by atoms with Gasteiger partial charge in [-0.3, -0.25) is 0 Å². The first-order valence-electron chi connectivity index (χ1n) is 30.9. The van der Waals surface area contributed by atoms with Crippen LogP contribution in [0.25, 0.3) is 87.6 Å². The monoisotopic (exact) mass is 1090 g/mol. The molecule has 2 aliphatic carbocycles. The maximum Gasteiger partial charge on any atom is 0.159 e. The second-order valence-corrected chi connectivity index (χ2v) is 24.1. The van der Waals surface area contributed by atoms with Crippen molar-refractivity contribution in [2.75, 3.05) is 9.80 Å². The van der Waals surface area contributed by atoms with Gasteiger partial charge in [0.15, 0.2) is 5.58 Å². The number of hydrogen-bond acceptors (Lipinski definition) is 4. The molecule has 0 saturated heterocycles. The number of anilines is 6. The molecule has 412 valence electrons. The van der Waals surface area contributed by atoms with Crippen molar-refractivity contribution >= 4 is 88.4 Å². The van der Waals surface area contributed by atoms with E-state index in [1.54, 1.807) is 0 Å². The van der Waals surface area contributed by atoms with Gasteiger partial charge in [-0.15, -0.1) is 0 Å². The zero-order valence-electron chi connectivity index (χ0n) is 48.7. The molecule has 12 aromatic carbocycles. The number of nitrogens with zero attached hydrogens (tertiary/aromatic N) is 2. The van der Waals surface area contributed by atoms with Crippen LogP contribution in [0.1, 0.15) is 110 Å². The first kappa shape index (κ1) is 51.7. The molecule has 4 heteroatoms. The third-order valence-corrected chi connectivity index (χ3v) is 19.1. The minimum absolute atomic E-state index is 0.258. The predicted octanol–water partition coefficient (Wildman–Crippen LogP) is 23.2. The summed E-state index contributed by atoms with van der Waals surface area (Å²) in [5, 5.41) is 23.0. The number of benzene rings is 12. The molecule has 0 spiro atoms. The van der Waals surface area contributed by atoms with Gasteiger partial charge in [-0.05, 0) is 196 Å². The number of aromatic hydroxyl groups is 1. The molecule has 2 saturated carbocycles. The first-order chi connectivity index (χ1) is 41.3. The molecule has 0 bridgehead atoms. The molecule has 13 aromatic rings. The number of phenols is 1. The van der Waals surface area contributed by atoms with Crippen LogP contribution in [0, 0.1) is 13.8 Å². The Kier molecular flexibility index (Phi) is 13.1. The molecule has 15 rings (SSSR count). The zero-order chi connectivity index (χ0) is 56.6. The average molecular weight is 1090 g/mol. The smallest absolute Gasteiger partial charge is 0.159 e. The van der Waals surface area contributed by atoms with Crippen LogP contribution in [0.3, 0.4) is 0 Å². The molecule has 1 heterocycles. The van der Waals surface area contributed by atoms with Crippen molar-refractivity contribution in [1.29, 1.82) is 0 Å². The Morgan fingerprint density at radius 3 is 1.43 bits per heavy atom. The van der Waals surface area contributed by atoms with Crippen LogP contribution in [-0.2, 0) is 12.8 Å². The number of fused-ring (bicyclic) bond motifs is 3. The quantitative estimate of drug-likeness (QED) is 0.117. The third-order valence-electron chi connectivity index (χ3n) is 19.1. The van der Waals surface area contributed by atoms with Crippen LogP contribution in [0.2, 0.25) is 0 Å². The molecular weight excluding hydrogens is 1020 g/mol. The molecule has 0 radical (unpaired) electrons. The van der Waals surface area contributed by atoms with Gasteiger partial charge in [0.1, 0.15) is 11.3 Å². The highest BCUT2D eigenvalue weighted by molar-refractivity contribution is 6.30. The Balaban J connectivity index is 1.01. The standard InChI is InChI=1S/C80H70N2O2/c1-5-52-23-11-13-33-60(52)56-29-17-30-57(47-56)62-35-19-39-72(78(62)83)81(58-31-15-21-50(3)45-58)74-48-70(54-25-7-8-26-54)63-42-44-69-75(49-71(55-27-9-10-28-55)64-41-43-68(74)76(63)77(64)69)82(59-32-16-22-51(4)46-59)73-40-20-38-67-66-37-18-36-65(79(66)84-80(67)73)61-34-14-12-24-53(61)6-2/h11-24,29-49,54-55,83H,5-10,25-28H2,1-4H3. The van der Waals surface area contributed by atoms with Gasteiger partial charge in [0.25, 0.3) is 0 Å². The Hall–Kier alpha value is -9.12. The van der Waals surface area contributed by atoms with E-state index < -0.39 is 0 Å². The van der Waals surface area contributed by atoms with Crippen molar-refractivity contribution in [3.63, 3.8) is 0 Å². The summed E-state index contributed by atoms with van der Waals surface area (Å²) in [6.07, 6.45) is 11.4. The molecule has 84 heavy (non-hydrogen) atoms. The first-order valence-corrected chi connectivity index (χ1v) is 30.9. The van der Waals surface area contributed by atoms with Crippen molar-refractivity contribution < 1.29 is 9.52 Å². The lowest BCUT2D eigenvalue weighted by Crippen LogP contribution is -2.14. The van der Waals surface area contributed by atoms with E-state index in [2.05, 4.69) is 250 Å². The molecule has 1 N–H and O–H groups in total. The highest BCUT2D eigenvalue weighted by atomic mass is 16.3. The fraction of sp³-hybridized carbons (Fsp3) is 0.200. The van der Waals surface area contributed by atoms with E-state index in [0.717, 1.165) is 110 Å². The maximum atomic E-state index is 13.1. The van der Waals surface area contributed by atoms with Crippen molar-refractivity contribution in [2.45, 2.75) is 104 Å². The minimum Gasteiger partial charge on any atom is -0.505 e. The van der Waals surface area contributed by atoms with Crippen LogP contribution in [-0.4, -0.2) is 5.11 Å². The lowest BCUT2D eigenvalue weighted by Gasteiger charge is -2.32. The number of phenolic OH excluding ortho intramolecular Hbond substituents is 1. The van der Waals surface area contributed by atoms with Crippen molar-refractivity contribution in [1.82, 2.24) is 0 Å². The summed E-state index contributed by atoms with van der Waals surface area (Å²) in [4.78, 5) is 4.90.